The molecule has 0 atom stereocenters. The maximum absolute atomic E-state index is 3.48. The number of halogens is 3. The van der Waals surface area contributed by atoms with Gasteiger partial charge < -0.3 is 37.2 Å². The van der Waals surface area contributed by atoms with Crippen molar-refractivity contribution in [2.45, 2.75) is 13.8 Å². The van der Waals surface area contributed by atoms with Crippen LogP contribution < -0.4 is 37.2 Å². The Morgan fingerprint density at radius 2 is 1.46 bits per heavy atom. The van der Waals surface area contributed by atoms with Crippen LogP contribution in [-0.4, -0.2) is 13.3 Å². The van der Waals surface area contributed by atoms with Crippen LogP contribution in [0.25, 0.3) is 0 Å². The average Bonchev–Trinajstić information content (AvgIpc) is 1.79. The zero-order chi connectivity index (χ0) is 7.07. The second-order valence-corrected chi connectivity index (χ2v) is 6.65. The van der Waals surface area contributed by atoms with Crippen LogP contribution in [0.5, 0.6) is 0 Å². The topological polar surface area (TPSA) is 0 Å². The van der Waals surface area contributed by atoms with Gasteiger partial charge in [0, 0.05) is 13.3 Å². The molecule has 0 unspecified atom stereocenters. The largest absolute Gasteiger partial charge is 4.00 e. The van der Waals surface area contributed by atoms with E-state index in [1.165, 1.54) is 11.1 Å². The van der Waals surface area contributed by atoms with Crippen molar-refractivity contribution in [3.63, 3.8) is 0 Å². The molecule has 0 fully saturated rings. The van der Waals surface area contributed by atoms with Crippen LogP contribution in [-0.2, 0) is 21.7 Å². The van der Waals surface area contributed by atoms with Crippen LogP contribution in [0.15, 0.2) is 17.0 Å². The maximum atomic E-state index is 3.48. The van der Waals surface area contributed by atoms with Crippen molar-refractivity contribution in [1.82, 2.24) is 0 Å². The van der Waals surface area contributed by atoms with E-state index in [-0.39, 0.29) is 58.9 Å². The smallest absolute Gasteiger partial charge is 1.00 e. The summed E-state index contributed by atoms with van der Waals surface area (Å²) >= 11 is 0. The van der Waals surface area contributed by atoms with Crippen molar-refractivity contribution in [2.75, 3.05) is 13.3 Å². The fraction of sp³-hybridized carbons (Fsp3) is 0.500. The van der Waals surface area contributed by atoms with Crippen molar-refractivity contribution < 1.29 is 58.9 Å². The first-order valence-corrected chi connectivity index (χ1v) is 5.92. The molecule has 0 nitrogen and oxygen atoms in total. The maximum Gasteiger partial charge on any atom is 4.00 e. The number of allylic oxidation sites excluding steroid dienone is 2. The van der Waals surface area contributed by atoms with E-state index in [0.29, 0.717) is 0 Å². The van der Waals surface area contributed by atoms with Gasteiger partial charge in [-0.1, -0.05) is 12.7 Å². The Kier molecular flexibility index (Phi) is 16.2. The number of rotatable bonds is 0. The summed E-state index contributed by atoms with van der Waals surface area (Å²) in [6.07, 6.45) is 0. The van der Waals surface area contributed by atoms with Crippen LogP contribution in [0.2, 0.25) is 0 Å². The minimum absolute atomic E-state index is 0. The van der Waals surface area contributed by atoms with Gasteiger partial charge in [-0.3, -0.25) is 0 Å². The molecule has 0 bridgehead atoms. The molecule has 0 saturated heterocycles. The molecule has 1 aliphatic rings. The minimum atomic E-state index is -0.855. The number of hydrogen-bond donors (Lipinski definition) is 0. The van der Waals surface area contributed by atoms with Gasteiger partial charge in [0.25, 0.3) is 0 Å². The van der Waals surface area contributed by atoms with Crippen molar-refractivity contribution in [2.24, 2.45) is 0 Å². The van der Waals surface area contributed by atoms with Crippen LogP contribution in [0.1, 0.15) is 13.8 Å². The summed E-state index contributed by atoms with van der Waals surface area (Å²) in [7, 11) is -0.855. The minimum Gasteiger partial charge on any atom is -1.00 e. The van der Waals surface area contributed by atoms with Gasteiger partial charge in [-0.2, -0.15) is 11.1 Å². The quantitative estimate of drug-likeness (QED) is 0.237. The van der Waals surface area contributed by atoms with E-state index in [0.717, 1.165) is 0 Å². The molecule has 0 saturated carbocycles. The Balaban J connectivity index is -0.000000101. The standard InChI is InChI=1S/C8H13P.3ClH.Ti/c1-7-5-9(3,4)6-8(7)2;;;;/h5H,1-4H3;3*1H;/q;;;;+4/p-3. The van der Waals surface area contributed by atoms with Gasteiger partial charge >= 0.3 is 21.7 Å². The molecule has 0 aromatic rings. The summed E-state index contributed by atoms with van der Waals surface area (Å²) in [5.41, 5.74) is 2.78. The normalized spacial score (nSPS) is 16.3. The van der Waals surface area contributed by atoms with E-state index in [4.69, 9.17) is 0 Å². The van der Waals surface area contributed by atoms with E-state index < -0.39 is 7.26 Å². The van der Waals surface area contributed by atoms with Gasteiger partial charge in [0.1, 0.15) is 0 Å². The molecular weight excluding hydrogens is 281 g/mol. The first-order chi connectivity index (χ1) is 4.01. The molecule has 0 aromatic carbocycles. The monoisotopic (exact) mass is 293 g/mol. The van der Waals surface area contributed by atoms with E-state index in [2.05, 4.69) is 38.8 Å². The van der Waals surface area contributed by atoms with Crippen LogP contribution in [0.4, 0.5) is 0 Å². The Bertz CT molecular complexity index is 180. The van der Waals surface area contributed by atoms with E-state index in [9.17, 15) is 0 Å². The third-order valence-corrected chi connectivity index (χ3v) is 3.51. The molecule has 0 amide bonds. The van der Waals surface area contributed by atoms with Gasteiger partial charge in [-0.05, 0) is 13.1 Å². The fourth-order valence-electron chi connectivity index (χ4n) is 1.13. The van der Waals surface area contributed by atoms with Crippen LogP contribution >= 0.6 is 7.26 Å². The predicted molar refractivity (Wildman–Crippen MR) is 45.0 cm³/mol. The van der Waals surface area contributed by atoms with Gasteiger partial charge in [0.05, 0.1) is 0 Å². The first kappa shape index (κ1) is 24.0. The SMILES string of the molecule is CC1=[C-][P+](C)(C)C=C1C.[Cl-].[Cl-].[Cl-].[Ti+4]. The van der Waals surface area contributed by atoms with E-state index in [1.807, 2.05) is 0 Å². The zero-order valence-corrected chi connectivity index (χ0v) is 12.9. The van der Waals surface area contributed by atoms with E-state index in [1.54, 1.807) is 0 Å². The van der Waals surface area contributed by atoms with Crippen molar-refractivity contribution in [1.29, 1.82) is 0 Å². The molecule has 1 rings (SSSR count). The summed E-state index contributed by atoms with van der Waals surface area (Å²) in [4.78, 5) is 0. The Hall–Kier alpha value is 1.49. The summed E-state index contributed by atoms with van der Waals surface area (Å²) in [5, 5.41) is 0. The van der Waals surface area contributed by atoms with Gasteiger partial charge in [-0.15, -0.1) is 6.92 Å². The Labute approximate surface area is 115 Å². The van der Waals surface area contributed by atoms with E-state index >= 15 is 0 Å². The van der Waals surface area contributed by atoms with Crippen LogP contribution in [0.3, 0.4) is 0 Å². The van der Waals surface area contributed by atoms with Crippen molar-refractivity contribution in [3.05, 3.63) is 22.8 Å². The van der Waals surface area contributed by atoms with Gasteiger partial charge in [0.2, 0.25) is 0 Å². The number of hydrogen-bond acceptors (Lipinski definition) is 0. The second kappa shape index (κ2) is 8.77. The predicted octanol–water partition coefficient (Wildman–Crippen LogP) is -6.10. The van der Waals surface area contributed by atoms with Crippen molar-refractivity contribution in [3.8, 4) is 0 Å². The molecule has 1 heterocycles. The molecule has 0 spiro atoms. The van der Waals surface area contributed by atoms with Crippen LogP contribution in [0, 0.1) is 5.82 Å². The summed E-state index contributed by atoms with van der Waals surface area (Å²) < 4.78 is 0. The van der Waals surface area contributed by atoms with Gasteiger partial charge in [-0.25, -0.2) is 0 Å². The molecule has 5 heteroatoms. The summed E-state index contributed by atoms with van der Waals surface area (Å²) in [6.45, 7) is 8.87. The third kappa shape index (κ3) is 7.43. The Morgan fingerprint density at radius 1 is 1.08 bits per heavy atom. The molecular formula is C8H13Cl3PTi+. The third-order valence-electron chi connectivity index (χ3n) is 1.56. The van der Waals surface area contributed by atoms with Crippen molar-refractivity contribution >= 4 is 7.26 Å². The molecule has 74 valence electrons. The summed E-state index contributed by atoms with van der Waals surface area (Å²) in [5.74, 6) is 5.84. The molecule has 13 heavy (non-hydrogen) atoms. The molecule has 0 aliphatic carbocycles. The Morgan fingerprint density at radius 3 is 1.54 bits per heavy atom. The molecule has 0 N–H and O–H groups in total. The van der Waals surface area contributed by atoms with Gasteiger partial charge in [0.15, 0.2) is 0 Å². The molecule has 0 aromatic heterocycles. The first-order valence-electron chi connectivity index (χ1n) is 3.16. The fourth-order valence-corrected chi connectivity index (χ4v) is 3.40. The summed E-state index contributed by atoms with van der Waals surface area (Å²) in [6, 6.07) is 0. The molecule has 1 aliphatic heterocycles. The average molecular weight is 294 g/mol. The zero-order valence-electron chi connectivity index (χ0n) is 8.16. The molecule has 0 radical (unpaired) electrons. The second-order valence-electron chi connectivity index (χ2n) is 3.09.